The average Bonchev–Trinajstić information content (AvgIpc) is 2.89. The molecule has 0 bridgehead atoms. The molecule has 22 heavy (non-hydrogen) atoms. The topological polar surface area (TPSA) is 66.4 Å². The second-order valence-corrected chi connectivity index (χ2v) is 9.12. The van der Waals surface area contributed by atoms with Gasteiger partial charge >= 0.3 is 0 Å². The zero-order chi connectivity index (χ0) is 15.9. The first-order chi connectivity index (χ1) is 10.4. The lowest BCUT2D eigenvalue weighted by Crippen LogP contribution is -2.46. The fourth-order valence-electron chi connectivity index (χ4n) is 2.91. The summed E-state index contributed by atoms with van der Waals surface area (Å²) in [6.07, 6.45) is 3.12. The highest BCUT2D eigenvalue weighted by molar-refractivity contribution is 7.89. The summed E-state index contributed by atoms with van der Waals surface area (Å²) < 4.78 is 26.1. The third-order valence-electron chi connectivity index (χ3n) is 4.14. The van der Waals surface area contributed by atoms with E-state index in [9.17, 15) is 8.42 Å². The summed E-state index contributed by atoms with van der Waals surface area (Å²) in [5.74, 6) is 0.863. The van der Waals surface area contributed by atoms with Crippen LogP contribution in [0.15, 0.2) is 11.7 Å². The highest BCUT2D eigenvalue weighted by atomic mass is 32.2. The molecule has 1 aliphatic heterocycles. The summed E-state index contributed by atoms with van der Waals surface area (Å²) in [6.45, 7) is 3.37. The molecule has 8 heteroatoms. The minimum atomic E-state index is -3.24. The third-order valence-corrected chi connectivity index (χ3v) is 7.39. The van der Waals surface area contributed by atoms with Crippen LogP contribution in [0.5, 0.6) is 0 Å². The first-order valence-electron chi connectivity index (χ1n) is 7.26. The van der Waals surface area contributed by atoms with Gasteiger partial charge < -0.3 is 4.90 Å². The Morgan fingerprint density at radius 3 is 2.86 bits per heavy atom. The van der Waals surface area contributed by atoms with Gasteiger partial charge in [-0.3, -0.25) is 0 Å². The number of sulfonamides is 1. The van der Waals surface area contributed by atoms with Gasteiger partial charge in [0.05, 0.1) is 10.6 Å². The molecule has 6 nitrogen and oxygen atoms in total. The zero-order valence-corrected chi connectivity index (χ0v) is 14.6. The van der Waals surface area contributed by atoms with Crippen LogP contribution in [-0.4, -0.2) is 55.1 Å². The summed E-state index contributed by atoms with van der Waals surface area (Å²) in [6, 6.07) is 0. The molecule has 120 valence electrons. The summed E-state index contributed by atoms with van der Waals surface area (Å²) in [5.41, 5.74) is 1.15. The van der Waals surface area contributed by atoms with Crippen molar-refractivity contribution < 1.29 is 8.42 Å². The van der Waals surface area contributed by atoms with E-state index in [1.165, 1.54) is 4.31 Å². The van der Waals surface area contributed by atoms with E-state index < -0.39 is 10.0 Å². The monoisotopic (exact) mass is 340 g/mol. The first kappa shape index (κ1) is 15.6. The van der Waals surface area contributed by atoms with Crippen molar-refractivity contribution in [3.05, 3.63) is 17.3 Å². The lowest BCUT2D eigenvalue weighted by atomic mass is 10.1. The summed E-state index contributed by atoms with van der Waals surface area (Å²) in [5, 5.41) is 2.75. The van der Waals surface area contributed by atoms with Gasteiger partial charge in [-0.25, -0.2) is 22.7 Å². The Bertz CT molecular complexity index is 785. The van der Waals surface area contributed by atoms with Gasteiger partial charge in [-0.15, -0.1) is 11.3 Å². The molecule has 2 aromatic heterocycles. The fraction of sp³-hybridized carbons (Fsp3) is 0.571. The molecule has 2 aromatic rings. The molecule has 0 amide bonds. The predicted molar refractivity (Wildman–Crippen MR) is 90.0 cm³/mol. The second-order valence-electron chi connectivity index (χ2n) is 5.83. The van der Waals surface area contributed by atoms with Crippen LogP contribution in [0, 0.1) is 6.92 Å². The summed E-state index contributed by atoms with van der Waals surface area (Å²) in [4.78, 5) is 11.8. The molecule has 0 N–H and O–H groups in total. The van der Waals surface area contributed by atoms with E-state index in [1.54, 1.807) is 31.8 Å². The van der Waals surface area contributed by atoms with Gasteiger partial charge in [-0.1, -0.05) is 0 Å². The minimum Gasteiger partial charge on any atom is -0.355 e. The molecular formula is C14H20N4O2S2. The van der Waals surface area contributed by atoms with E-state index >= 15 is 0 Å². The van der Waals surface area contributed by atoms with E-state index in [1.807, 2.05) is 6.92 Å². The number of piperidine rings is 1. The number of rotatable bonds is 3. The van der Waals surface area contributed by atoms with Gasteiger partial charge in [0.2, 0.25) is 10.0 Å². The Kier molecular flexibility index (Phi) is 4.09. The zero-order valence-electron chi connectivity index (χ0n) is 13.0. The van der Waals surface area contributed by atoms with Crippen molar-refractivity contribution in [2.75, 3.05) is 32.1 Å². The van der Waals surface area contributed by atoms with Crippen LogP contribution in [0.25, 0.3) is 10.2 Å². The Hall–Kier alpha value is -1.25. The van der Waals surface area contributed by atoms with E-state index in [-0.39, 0.29) is 5.25 Å². The van der Waals surface area contributed by atoms with Crippen LogP contribution in [-0.2, 0) is 10.0 Å². The van der Waals surface area contributed by atoms with Gasteiger partial charge in [-0.05, 0) is 30.7 Å². The lowest BCUT2D eigenvalue weighted by molar-refractivity contribution is 0.478. The van der Waals surface area contributed by atoms with Crippen molar-refractivity contribution in [3.8, 4) is 0 Å². The quantitative estimate of drug-likeness (QED) is 0.853. The maximum Gasteiger partial charge on any atom is 0.218 e. The Morgan fingerprint density at radius 2 is 2.14 bits per heavy atom. The number of thiophene rings is 1. The van der Waals surface area contributed by atoms with Crippen molar-refractivity contribution in [2.24, 2.45) is 0 Å². The minimum absolute atomic E-state index is 0.375. The van der Waals surface area contributed by atoms with Crippen LogP contribution in [0.3, 0.4) is 0 Å². The average molecular weight is 340 g/mol. The molecular weight excluding hydrogens is 320 g/mol. The van der Waals surface area contributed by atoms with E-state index in [0.717, 1.165) is 34.6 Å². The van der Waals surface area contributed by atoms with Crippen molar-refractivity contribution >= 4 is 37.4 Å². The number of hydrogen-bond acceptors (Lipinski definition) is 6. The molecule has 1 atom stereocenters. The van der Waals surface area contributed by atoms with Gasteiger partial charge in [0.1, 0.15) is 17.0 Å². The molecule has 3 rings (SSSR count). The lowest BCUT2D eigenvalue weighted by Gasteiger charge is -2.34. The maximum absolute atomic E-state index is 12.4. The van der Waals surface area contributed by atoms with Crippen molar-refractivity contribution in [3.63, 3.8) is 0 Å². The molecule has 0 aromatic carbocycles. The molecule has 1 aliphatic rings. The van der Waals surface area contributed by atoms with Crippen LogP contribution in [0.1, 0.15) is 18.4 Å². The number of nitrogens with zero attached hydrogens (tertiary/aromatic N) is 4. The van der Waals surface area contributed by atoms with E-state index in [2.05, 4.69) is 20.2 Å². The number of aromatic nitrogens is 2. The highest BCUT2D eigenvalue weighted by Gasteiger charge is 2.33. The standard InChI is InChI=1S/C14H20N4O2S2/c1-10-8-21-14-12(10)13(15-9-16-14)18-6-4-5-11(7-18)22(19,20)17(2)3/h8-9,11H,4-7H2,1-3H3/t11-/m1/s1. The Morgan fingerprint density at radius 1 is 1.36 bits per heavy atom. The smallest absolute Gasteiger partial charge is 0.218 e. The summed E-state index contributed by atoms with van der Waals surface area (Å²) >= 11 is 1.60. The van der Waals surface area contributed by atoms with Gasteiger partial charge in [0.25, 0.3) is 0 Å². The number of fused-ring (bicyclic) bond motifs is 1. The highest BCUT2D eigenvalue weighted by Crippen LogP contribution is 2.32. The SMILES string of the molecule is Cc1csc2ncnc(N3CCC[C@@H](S(=O)(=O)N(C)C)C3)c12. The molecule has 0 radical (unpaired) electrons. The molecule has 1 saturated heterocycles. The van der Waals surface area contributed by atoms with Crippen LogP contribution in [0.4, 0.5) is 5.82 Å². The number of anilines is 1. The number of hydrogen-bond donors (Lipinski definition) is 0. The molecule has 0 unspecified atom stereocenters. The van der Waals surface area contributed by atoms with Crippen LogP contribution in [0.2, 0.25) is 0 Å². The predicted octanol–water partition coefficient (Wildman–Crippen LogP) is 1.86. The number of aryl methyl sites for hydroxylation is 1. The fourth-order valence-corrected chi connectivity index (χ4v) is 5.22. The molecule has 0 aliphatic carbocycles. The first-order valence-corrected chi connectivity index (χ1v) is 9.64. The van der Waals surface area contributed by atoms with Crippen LogP contribution >= 0.6 is 11.3 Å². The third kappa shape index (κ3) is 2.59. The largest absolute Gasteiger partial charge is 0.355 e. The van der Waals surface area contributed by atoms with Crippen LogP contribution < -0.4 is 4.90 Å². The summed E-state index contributed by atoms with van der Waals surface area (Å²) in [7, 11) is -0.0452. The van der Waals surface area contributed by atoms with Gasteiger partial charge in [0, 0.05) is 27.2 Å². The normalized spacial score (nSPS) is 20.0. The van der Waals surface area contributed by atoms with E-state index in [0.29, 0.717) is 13.0 Å². The Labute approximate surface area is 134 Å². The van der Waals surface area contributed by atoms with Crippen molar-refractivity contribution in [1.82, 2.24) is 14.3 Å². The molecule has 0 spiro atoms. The second kappa shape index (κ2) is 5.75. The van der Waals surface area contributed by atoms with Gasteiger partial charge in [-0.2, -0.15) is 0 Å². The maximum atomic E-state index is 12.4. The van der Waals surface area contributed by atoms with Crippen molar-refractivity contribution in [1.29, 1.82) is 0 Å². The van der Waals surface area contributed by atoms with Crippen molar-refractivity contribution in [2.45, 2.75) is 25.0 Å². The molecule has 0 saturated carbocycles. The Balaban J connectivity index is 1.96. The van der Waals surface area contributed by atoms with E-state index in [4.69, 9.17) is 0 Å². The molecule has 3 heterocycles. The van der Waals surface area contributed by atoms with Gasteiger partial charge in [0.15, 0.2) is 0 Å². The molecule has 1 fully saturated rings.